The third-order valence-corrected chi connectivity index (χ3v) is 5.63. The minimum atomic E-state index is -1.05. The number of aryl methyl sites for hydroxylation is 1. The summed E-state index contributed by atoms with van der Waals surface area (Å²) in [4.78, 5) is 26.7. The number of thioether (sulfide) groups is 1. The van der Waals surface area contributed by atoms with Crippen LogP contribution in [0.3, 0.4) is 0 Å². The van der Waals surface area contributed by atoms with Gasteiger partial charge in [-0.25, -0.2) is 9.18 Å². The number of fused-ring (bicyclic) bond motifs is 1. The summed E-state index contributed by atoms with van der Waals surface area (Å²) in [5.41, 5.74) is 0. The van der Waals surface area contributed by atoms with Crippen LogP contribution in [0.15, 0.2) is 29.2 Å². The number of carboxylic acids is 1. The molecule has 7 nitrogen and oxygen atoms in total. The Bertz CT molecular complexity index is 824. The first-order chi connectivity index (χ1) is 12.4. The topological polar surface area (TPSA) is 88.3 Å². The lowest BCUT2D eigenvalue weighted by Crippen LogP contribution is -2.52. The molecule has 0 spiro atoms. The van der Waals surface area contributed by atoms with E-state index in [0.29, 0.717) is 17.4 Å². The van der Waals surface area contributed by atoms with Crippen LogP contribution in [0.1, 0.15) is 18.6 Å². The molecule has 0 fully saturated rings. The van der Waals surface area contributed by atoms with Crippen molar-refractivity contribution in [1.82, 2.24) is 19.7 Å². The first-order valence-electron chi connectivity index (χ1n) is 8.17. The maximum atomic E-state index is 13.0. The molecule has 26 heavy (non-hydrogen) atoms. The van der Waals surface area contributed by atoms with Gasteiger partial charge >= 0.3 is 5.97 Å². The smallest absolute Gasteiger partial charge is 0.328 e. The third kappa shape index (κ3) is 3.72. The predicted molar refractivity (Wildman–Crippen MR) is 93.0 cm³/mol. The standard InChI is InChI=1S/C17H19FN4O3S/c1-10(9-26-13-5-3-12(18)4-6-13)16(23)22-8-15-20-19-11(2)21(15)7-14(22)17(24)25/h3-6,10,14H,7-9H2,1-2H3,(H,24,25). The Kier molecular flexibility index (Phi) is 5.26. The first-order valence-corrected chi connectivity index (χ1v) is 9.15. The van der Waals surface area contributed by atoms with Crippen LogP contribution in [0.4, 0.5) is 4.39 Å². The lowest BCUT2D eigenvalue weighted by atomic mass is 10.1. The number of benzene rings is 1. The molecule has 1 aliphatic heterocycles. The summed E-state index contributed by atoms with van der Waals surface area (Å²) in [6.45, 7) is 3.80. The minimum absolute atomic E-state index is 0.127. The van der Waals surface area contributed by atoms with E-state index in [1.54, 1.807) is 30.5 Å². The van der Waals surface area contributed by atoms with Crippen LogP contribution >= 0.6 is 11.8 Å². The van der Waals surface area contributed by atoms with Gasteiger partial charge in [0, 0.05) is 16.6 Å². The lowest BCUT2D eigenvalue weighted by molar-refractivity contribution is -0.154. The molecule has 1 N–H and O–H groups in total. The van der Waals surface area contributed by atoms with Gasteiger partial charge in [0.05, 0.1) is 13.1 Å². The zero-order chi connectivity index (χ0) is 18.8. The highest BCUT2D eigenvalue weighted by atomic mass is 32.2. The number of hydrogen-bond acceptors (Lipinski definition) is 5. The van der Waals surface area contributed by atoms with Gasteiger partial charge in [0.25, 0.3) is 0 Å². The van der Waals surface area contributed by atoms with Gasteiger partial charge < -0.3 is 14.6 Å². The third-order valence-electron chi connectivity index (χ3n) is 4.36. The second-order valence-electron chi connectivity index (χ2n) is 6.26. The molecule has 9 heteroatoms. The Morgan fingerprint density at radius 3 is 2.69 bits per heavy atom. The van der Waals surface area contributed by atoms with E-state index in [2.05, 4.69) is 10.2 Å². The van der Waals surface area contributed by atoms with Gasteiger partial charge in [-0.05, 0) is 31.2 Å². The monoisotopic (exact) mass is 378 g/mol. The maximum Gasteiger partial charge on any atom is 0.328 e. The van der Waals surface area contributed by atoms with Crippen molar-refractivity contribution in [3.63, 3.8) is 0 Å². The summed E-state index contributed by atoms with van der Waals surface area (Å²) in [6, 6.07) is 5.11. The van der Waals surface area contributed by atoms with Gasteiger partial charge in [-0.2, -0.15) is 0 Å². The number of nitrogens with zero attached hydrogens (tertiary/aromatic N) is 4. The highest BCUT2D eigenvalue weighted by Gasteiger charge is 2.37. The Morgan fingerprint density at radius 2 is 2.04 bits per heavy atom. The molecule has 2 heterocycles. The Hall–Kier alpha value is -2.42. The van der Waals surface area contributed by atoms with Crippen molar-refractivity contribution in [3.8, 4) is 0 Å². The molecule has 0 saturated heterocycles. The molecule has 0 saturated carbocycles. The minimum Gasteiger partial charge on any atom is -0.480 e. The van der Waals surface area contributed by atoms with Gasteiger partial charge in [-0.1, -0.05) is 6.92 Å². The molecular formula is C17H19FN4O3S. The van der Waals surface area contributed by atoms with E-state index in [9.17, 15) is 19.1 Å². The fourth-order valence-corrected chi connectivity index (χ4v) is 3.78. The number of aliphatic carboxylic acids is 1. The van der Waals surface area contributed by atoms with Crippen molar-refractivity contribution >= 4 is 23.6 Å². The van der Waals surface area contributed by atoms with Crippen LogP contribution in [0.5, 0.6) is 0 Å². The zero-order valence-corrected chi connectivity index (χ0v) is 15.2. The van der Waals surface area contributed by atoms with E-state index in [-0.39, 0.29) is 30.7 Å². The predicted octanol–water partition coefficient (Wildman–Crippen LogP) is 1.95. The van der Waals surface area contributed by atoms with Crippen LogP contribution < -0.4 is 0 Å². The molecule has 0 aliphatic carbocycles. The van der Waals surface area contributed by atoms with Crippen LogP contribution in [0.2, 0.25) is 0 Å². The van der Waals surface area contributed by atoms with Gasteiger partial charge in [0.2, 0.25) is 5.91 Å². The summed E-state index contributed by atoms with van der Waals surface area (Å²) in [5.74, 6) is -0.281. The molecular weight excluding hydrogens is 359 g/mol. The summed E-state index contributed by atoms with van der Waals surface area (Å²) < 4.78 is 14.7. The van der Waals surface area contributed by atoms with E-state index in [1.807, 2.05) is 0 Å². The quantitative estimate of drug-likeness (QED) is 0.800. The number of hydrogen-bond donors (Lipinski definition) is 1. The van der Waals surface area contributed by atoms with Crippen molar-refractivity contribution in [2.75, 3.05) is 5.75 Å². The Balaban J connectivity index is 1.70. The average molecular weight is 378 g/mol. The fourth-order valence-electron chi connectivity index (χ4n) is 2.86. The van der Waals surface area contributed by atoms with E-state index >= 15 is 0 Å². The number of halogens is 1. The highest BCUT2D eigenvalue weighted by Crippen LogP contribution is 2.25. The number of aromatic nitrogens is 3. The van der Waals surface area contributed by atoms with E-state index < -0.39 is 12.0 Å². The Labute approximate surface area is 154 Å². The SMILES string of the molecule is Cc1nnc2n1CC(C(=O)O)N(C(=O)C(C)CSc1ccc(F)cc1)C2. The summed E-state index contributed by atoms with van der Waals surface area (Å²) in [6.07, 6.45) is 0. The molecule has 1 aromatic carbocycles. The van der Waals surface area contributed by atoms with Crippen molar-refractivity contribution in [3.05, 3.63) is 41.7 Å². The molecule has 2 atom stereocenters. The number of carbonyl (C=O) groups excluding carboxylic acids is 1. The second-order valence-corrected chi connectivity index (χ2v) is 7.35. The summed E-state index contributed by atoms with van der Waals surface area (Å²) in [7, 11) is 0. The van der Waals surface area contributed by atoms with Crippen molar-refractivity contribution in [2.24, 2.45) is 5.92 Å². The Morgan fingerprint density at radius 1 is 1.35 bits per heavy atom. The van der Waals surface area contributed by atoms with Crippen LogP contribution in [-0.4, -0.2) is 48.4 Å². The molecule has 2 aromatic rings. The van der Waals surface area contributed by atoms with Crippen LogP contribution in [0, 0.1) is 18.7 Å². The van der Waals surface area contributed by atoms with Gasteiger partial charge in [-0.3, -0.25) is 4.79 Å². The summed E-state index contributed by atoms with van der Waals surface area (Å²) >= 11 is 1.43. The molecule has 138 valence electrons. The van der Waals surface area contributed by atoms with Crippen LogP contribution in [-0.2, 0) is 22.7 Å². The van der Waals surface area contributed by atoms with Crippen molar-refractivity contribution in [1.29, 1.82) is 0 Å². The number of carboxylic acid groups (broad SMARTS) is 1. The molecule has 1 aromatic heterocycles. The molecule has 3 rings (SSSR count). The van der Waals surface area contributed by atoms with Gasteiger partial charge in [0.1, 0.15) is 17.7 Å². The average Bonchev–Trinajstić information content (AvgIpc) is 2.99. The van der Waals surface area contributed by atoms with E-state index in [1.165, 1.54) is 28.8 Å². The maximum absolute atomic E-state index is 13.0. The summed E-state index contributed by atoms with van der Waals surface area (Å²) in [5, 5.41) is 17.5. The first kappa shape index (κ1) is 18.4. The van der Waals surface area contributed by atoms with Crippen LogP contribution in [0.25, 0.3) is 0 Å². The number of carbonyl (C=O) groups is 2. The molecule has 1 amide bonds. The lowest BCUT2D eigenvalue weighted by Gasteiger charge is -2.35. The normalized spacial score (nSPS) is 17.7. The molecule has 2 unspecified atom stereocenters. The van der Waals surface area contributed by atoms with E-state index in [0.717, 1.165) is 4.90 Å². The molecule has 1 aliphatic rings. The number of rotatable bonds is 5. The second kappa shape index (κ2) is 7.45. The fraction of sp³-hybridized carbons (Fsp3) is 0.412. The zero-order valence-electron chi connectivity index (χ0n) is 14.4. The molecule has 0 radical (unpaired) electrons. The van der Waals surface area contributed by atoms with Crippen molar-refractivity contribution in [2.45, 2.75) is 37.9 Å². The largest absolute Gasteiger partial charge is 0.480 e. The highest BCUT2D eigenvalue weighted by molar-refractivity contribution is 7.99. The van der Waals surface area contributed by atoms with Crippen molar-refractivity contribution < 1.29 is 19.1 Å². The van der Waals surface area contributed by atoms with Gasteiger partial charge in [0.15, 0.2) is 5.82 Å². The number of amides is 1. The van der Waals surface area contributed by atoms with E-state index in [4.69, 9.17) is 0 Å². The molecule has 0 bridgehead atoms. The van der Waals surface area contributed by atoms with Gasteiger partial charge in [-0.15, -0.1) is 22.0 Å².